The Kier molecular flexibility index (Phi) is 4.72. The van der Waals surface area contributed by atoms with Crippen LogP contribution in [0.3, 0.4) is 0 Å². The molecule has 0 atom stereocenters. The van der Waals surface area contributed by atoms with Crippen molar-refractivity contribution in [1.82, 2.24) is 4.90 Å². The molecule has 1 rings (SSSR count). The number of hydrogen-bond donors (Lipinski definition) is 1. The molecule has 1 aromatic rings. The van der Waals surface area contributed by atoms with E-state index in [4.69, 9.17) is 11.6 Å². The van der Waals surface area contributed by atoms with Crippen molar-refractivity contribution >= 4 is 33.2 Å². The first-order valence-electron chi connectivity index (χ1n) is 4.43. The highest BCUT2D eigenvalue weighted by Crippen LogP contribution is 2.25. The number of halogens is 2. The van der Waals surface area contributed by atoms with Crippen LogP contribution >= 0.6 is 27.5 Å². The third-order valence-corrected chi connectivity index (χ3v) is 2.61. The van der Waals surface area contributed by atoms with Gasteiger partial charge in [-0.3, -0.25) is 0 Å². The lowest BCUT2D eigenvalue weighted by Crippen LogP contribution is -2.20. The molecule has 0 aliphatic carbocycles. The molecule has 0 radical (unpaired) electrons. The van der Waals surface area contributed by atoms with Gasteiger partial charge in [-0.1, -0.05) is 27.5 Å². The van der Waals surface area contributed by atoms with Gasteiger partial charge in [0.25, 0.3) is 0 Å². The Morgan fingerprint density at radius 1 is 1.43 bits per heavy atom. The molecule has 0 fully saturated rings. The third-order valence-electron chi connectivity index (χ3n) is 1.81. The maximum atomic E-state index is 6.04. The predicted octanol–water partition coefficient (Wildman–Crippen LogP) is 3.08. The van der Waals surface area contributed by atoms with Crippen LogP contribution in [0.4, 0.5) is 5.69 Å². The lowest BCUT2D eigenvalue weighted by molar-refractivity contribution is 0.425. The number of nitrogens with zero attached hydrogens (tertiary/aromatic N) is 1. The molecule has 0 spiro atoms. The van der Waals surface area contributed by atoms with Gasteiger partial charge in [-0.15, -0.1) is 0 Å². The molecule has 0 unspecified atom stereocenters. The zero-order chi connectivity index (χ0) is 10.6. The van der Waals surface area contributed by atoms with Crippen LogP contribution in [0.5, 0.6) is 0 Å². The Hall–Kier alpha value is -0.250. The van der Waals surface area contributed by atoms with Crippen molar-refractivity contribution in [3.63, 3.8) is 0 Å². The molecule has 1 N–H and O–H groups in total. The van der Waals surface area contributed by atoms with E-state index >= 15 is 0 Å². The molecular weight excluding hydrogens is 263 g/mol. The van der Waals surface area contributed by atoms with Crippen molar-refractivity contribution in [1.29, 1.82) is 0 Å². The molecule has 2 nitrogen and oxygen atoms in total. The molecule has 0 aliphatic heterocycles. The Morgan fingerprint density at radius 3 is 2.71 bits per heavy atom. The van der Waals surface area contributed by atoms with E-state index < -0.39 is 0 Å². The molecule has 0 saturated carbocycles. The Labute approximate surface area is 98.4 Å². The first-order chi connectivity index (χ1) is 6.59. The van der Waals surface area contributed by atoms with Gasteiger partial charge >= 0.3 is 0 Å². The molecular formula is C10H14BrClN2. The molecule has 0 heterocycles. The number of hydrogen-bond acceptors (Lipinski definition) is 2. The molecule has 14 heavy (non-hydrogen) atoms. The van der Waals surface area contributed by atoms with Crippen molar-refractivity contribution in [2.24, 2.45) is 0 Å². The standard InChI is InChI=1S/C10H14BrClN2/c1-14(2)6-5-13-10-4-3-8(11)7-9(10)12/h3-4,7,13H,5-6H2,1-2H3. The second-order valence-electron chi connectivity index (χ2n) is 3.35. The molecule has 0 aromatic heterocycles. The van der Waals surface area contributed by atoms with Gasteiger partial charge in [-0.25, -0.2) is 0 Å². The Balaban J connectivity index is 2.51. The fourth-order valence-corrected chi connectivity index (χ4v) is 1.79. The lowest BCUT2D eigenvalue weighted by Gasteiger charge is -2.12. The first kappa shape index (κ1) is 11.8. The summed E-state index contributed by atoms with van der Waals surface area (Å²) in [5.74, 6) is 0. The molecule has 4 heteroatoms. The molecule has 0 bridgehead atoms. The summed E-state index contributed by atoms with van der Waals surface area (Å²) >= 11 is 9.41. The highest BCUT2D eigenvalue weighted by Gasteiger charge is 1.99. The van der Waals surface area contributed by atoms with Gasteiger partial charge in [0.15, 0.2) is 0 Å². The predicted molar refractivity (Wildman–Crippen MR) is 66.2 cm³/mol. The summed E-state index contributed by atoms with van der Waals surface area (Å²) in [5, 5.41) is 4.03. The van der Waals surface area contributed by atoms with Gasteiger partial charge in [0.2, 0.25) is 0 Å². The quantitative estimate of drug-likeness (QED) is 0.910. The fraction of sp³-hybridized carbons (Fsp3) is 0.400. The zero-order valence-electron chi connectivity index (χ0n) is 8.35. The summed E-state index contributed by atoms with van der Waals surface area (Å²) in [4.78, 5) is 2.12. The van der Waals surface area contributed by atoms with Gasteiger partial charge < -0.3 is 10.2 Å². The average Bonchev–Trinajstić information content (AvgIpc) is 2.08. The van der Waals surface area contributed by atoms with E-state index in [0.29, 0.717) is 0 Å². The second-order valence-corrected chi connectivity index (χ2v) is 4.68. The van der Waals surface area contributed by atoms with Crippen molar-refractivity contribution in [2.75, 3.05) is 32.5 Å². The van der Waals surface area contributed by atoms with Crippen LogP contribution < -0.4 is 5.32 Å². The lowest BCUT2D eigenvalue weighted by atomic mass is 10.3. The number of rotatable bonds is 4. The number of anilines is 1. The normalized spacial score (nSPS) is 10.6. The Bertz CT molecular complexity index is 302. The minimum atomic E-state index is 0.748. The van der Waals surface area contributed by atoms with Gasteiger partial charge in [-0.2, -0.15) is 0 Å². The van der Waals surface area contributed by atoms with Gasteiger partial charge in [-0.05, 0) is 32.3 Å². The van der Waals surface area contributed by atoms with Crippen LogP contribution in [0.25, 0.3) is 0 Å². The van der Waals surface area contributed by atoms with Crippen LogP contribution in [-0.4, -0.2) is 32.1 Å². The van der Waals surface area contributed by atoms with Gasteiger partial charge in [0, 0.05) is 17.6 Å². The fourth-order valence-electron chi connectivity index (χ4n) is 1.05. The maximum Gasteiger partial charge on any atom is 0.0648 e. The molecule has 1 aromatic carbocycles. The van der Waals surface area contributed by atoms with Gasteiger partial charge in [0.1, 0.15) is 0 Å². The summed E-state index contributed by atoms with van der Waals surface area (Å²) in [6, 6.07) is 5.84. The average molecular weight is 278 g/mol. The second kappa shape index (κ2) is 5.59. The first-order valence-corrected chi connectivity index (χ1v) is 5.60. The van der Waals surface area contributed by atoms with Crippen molar-refractivity contribution < 1.29 is 0 Å². The van der Waals surface area contributed by atoms with Crippen LogP contribution in [0.15, 0.2) is 22.7 Å². The number of nitrogens with one attached hydrogen (secondary N) is 1. The topological polar surface area (TPSA) is 15.3 Å². The van der Waals surface area contributed by atoms with E-state index in [2.05, 4.69) is 26.1 Å². The largest absolute Gasteiger partial charge is 0.383 e. The summed E-state index contributed by atoms with van der Waals surface area (Å²) in [7, 11) is 4.09. The SMILES string of the molecule is CN(C)CCNc1ccc(Br)cc1Cl. The summed E-state index contributed by atoms with van der Waals surface area (Å²) < 4.78 is 1.00. The van der Waals surface area contributed by atoms with Crippen molar-refractivity contribution in [3.8, 4) is 0 Å². The van der Waals surface area contributed by atoms with E-state index in [-0.39, 0.29) is 0 Å². The smallest absolute Gasteiger partial charge is 0.0648 e. The summed E-state index contributed by atoms with van der Waals surface area (Å²) in [6.45, 7) is 1.89. The molecule has 0 amide bonds. The highest BCUT2D eigenvalue weighted by molar-refractivity contribution is 9.10. The highest BCUT2D eigenvalue weighted by atomic mass is 79.9. The number of benzene rings is 1. The van der Waals surface area contributed by atoms with Crippen molar-refractivity contribution in [2.45, 2.75) is 0 Å². The number of likely N-dealkylation sites (N-methyl/N-ethyl adjacent to an activating group) is 1. The summed E-state index contributed by atoms with van der Waals surface area (Å²) in [6.07, 6.45) is 0. The summed E-state index contributed by atoms with van der Waals surface area (Å²) in [5.41, 5.74) is 0.983. The van der Waals surface area contributed by atoms with E-state index in [0.717, 1.165) is 28.3 Å². The maximum absolute atomic E-state index is 6.04. The molecule has 78 valence electrons. The van der Waals surface area contributed by atoms with Crippen LogP contribution in [0.2, 0.25) is 5.02 Å². The Morgan fingerprint density at radius 2 is 2.14 bits per heavy atom. The van der Waals surface area contributed by atoms with Crippen molar-refractivity contribution in [3.05, 3.63) is 27.7 Å². The van der Waals surface area contributed by atoms with E-state index in [1.54, 1.807) is 0 Å². The minimum Gasteiger partial charge on any atom is -0.383 e. The van der Waals surface area contributed by atoms with Crippen LogP contribution in [0, 0.1) is 0 Å². The van der Waals surface area contributed by atoms with Crippen LogP contribution in [-0.2, 0) is 0 Å². The molecule has 0 aliphatic rings. The minimum absolute atomic E-state index is 0.748. The third kappa shape index (κ3) is 3.86. The van der Waals surface area contributed by atoms with E-state index in [1.165, 1.54) is 0 Å². The molecule has 0 saturated heterocycles. The zero-order valence-corrected chi connectivity index (χ0v) is 10.7. The van der Waals surface area contributed by atoms with E-state index in [9.17, 15) is 0 Å². The van der Waals surface area contributed by atoms with Crippen LogP contribution in [0.1, 0.15) is 0 Å². The monoisotopic (exact) mass is 276 g/mol. The van der Waals surface area contributed by atoms with E-state index in [1.807, 2.05) is 32.3 Å². The van der Waals surface area contributed by atoms with Gasteiger partial charge in [0.05, 0.1) is 10.7 Å².